The first-order valence-corrected chi connectivity index (χ1v) is 5.06. The number of terminal acetylenes is 1. The molecule has 1 fully saturated rings. The molecule has 1 aliphatic heterocycles. The molecule has 0 unspecified atom stereocenters. The van der Waals surface area contributed by atoms with Gasteiger partial charge in [0.15, 0.2) is 0 Å². The van der Waals surface area contributed by atoms with Gasteiger partial charge in [-0.25, -0.2) is 0 Å². The molecule has 1 rings (SSSR count). The Labute approximate surface area is 80.3 Å². The van der Waals surface area contributed by atoms with Gasteiger partial charge in [-0.05, 0) is 19.3 Å². The van der Waals surface area contributed by atoms with Crippen LogP contribution in [0, 0.1) is 12.3 Å². The monoisotopic (exact) mass is 179 g/mol. The van der Waals surface area contributed by atoms with Crippen molar-refractivity contribution in [2.45, 2.75) is 38.5 Å². The lowest BCUT2D eigenvalue weighted by Crippen LogP contribution is -2.31. The van der Waals surface area contributed by atoms with E-state index in [1.54, 1.807) is 0 Å². The Morgan fingerprint density at radius 2 is 2.23 bits per heavy atom. The fraction of sp³-hybridized carbons (Fsp3) is 0.727. The van der Waals surface area contributed by atoms with E-state index in [0.29, 0.717) is 5.91 Å². The van der Waals surface area contributed by atoms with Crippen LogP contribution in [-0.4, -0.2) is 23.9 Å². The molecular formula is C11H17NO. The molecule has 0 N–H and O–H groups in total. The SMILES string of the molecule is C#CCCCN1CCCCCC1=O. The number of carbonyl (C=O) groups is 1. The number of amides is 1. The third-order valence-corrected chi connectivity index (χ3v) is 2.42. The topological polar surface area (TPSA) is 20.3 Å². The molecule has 1 saturated heterocycles. The zero-order chi connectivity index (χ0) is 9.52. The first-order chi connectivity index (χ1) is 6.34. The summed E-state index contributed by atoms with van der Waals surface area (Å²) in [4.78, 5) is 13.4. The van der Waals surface area contributed by atoms with E-state index in [1.807, 2.05) is 4.90 Å². The van der Waals surface area contributed by atoms with Crippen LogP contribution in [0.3, 0.4) is 0 Å². The van der Waals surface area contributed by atoms with Crippen LogP contribution in [0.4, 0.5) is 0 Å². The van der Waals surface area contributed by atoms with Crippen LogP contribution in [0.1, 0.15) is 38.5 Å². The van der Waals surface area contributed by atoms with Crippen molar-refractivity contribution in [2.75, 3.05) is 13.1 Å². The van der Waals surface area contributed by atoms with Crippen LogP contribution in [0.5, 0.6) is 0 Å². The number of hydrogen-bond acceptors (Lipinski definition) is 1. The van der Waals surface area contributed by atoms with Crippen LogP contribution in [-0.2, 0) is 4.79 Å². The van der Waals surface area contributed by atoms with E-state index in [1.165, 1.54) is 6.42 Å². The van der Waals surface area contributed by atoms with Gasteiger partial charge in [0, 0.05) is 25.9 Å². The van der Waals surface area contributed by atoms with Gasteiger partial charge in [-0.3, -0.25) is 4.79 Å². The molecule has 13 heavy (non-hydrogen) atoms. The summed E-state index contributed by atoms with van der Waals surface area (Å²) in [5, 5.41) is 0. The number of unbranched alkanes of at least 4 members (excludes halogenated alkanes) is 1. The van der Waals surface area contributed by atoms with E-state index in [2.05, 4.69) is 5.92 Å². The minimum Gasteiger partial charge on any atom is -0.343 e. The summed E-state index contributed by atoms with van der Waals surface area (Å²) in [6.07, 6.45) is 11.0. The van der Waals surface area contributed by atoms with Gasteiger partial charge < -0.3 is 4.90 Å². The second kappa shape index (κ2) is 5.64. The molecule has 0 aromatic carbocycles. The first-order valence-electron chi connectivity index (χ1n) is 5.06. The maximum absolute atomic E-state index is 11.5. The Kier molecular flexibility index (Phi) is 4.39. The van der Waals surface area contributed by atoms with Crippen LogP contribution >= 0.6 is 0 Å². The molecule has 1 aliphatic rings. The number of hydrogen-bond donors (Lipinski definition) is 0. The highest BCUT2D eigenvalue weighted by Gasteiger charge is 2.15. The summed E-state index contributed by atoms with van der Waals surface area (Å²) < 4.78 is 0. The quantitative estimate of drug-likeness (QED) is 0.478. The molecule has 1 heterocycles. The third-order valence-electron chi connectivity index (χ3n) is 2.42. The van der Waals surface area contributed by atoms with Crippen molar-refractivity contribution in [3.63, 3.8) is 0 Å². The summed E-state index contributed by atoms with van der Waals surface area (Å²) in [7, 11) is 0. The van der Waals surface area contributed by atoms with E-state index < -0.39 is 0 Å². The molecule has 0 spiro atoms. The largest absolute Gasteiger partial charge is 0.343 e. The maximum Gasteiger partial charge on any atom is 0.222 e. The molecule has 1 amide bonds. The Morgan fingerprint density at radius 1 is 1.38 bits per heavy atom. The van der Waals surface area contributed by atoms with Crippen LogP contribution in [0.25, 0.3) is 0 Å². The first kappa shape index (κ1) is 10.1. The van der Waals surface area contributed by atoms with Crippen molar-refractivity contribution in [2.24, 2.45) is 0 Å². The summed E-state index contributed by atoms with van der Waals surface area (Å²) >= 11 is 0. The smallest absolute Gasteiger partial charge is 0.222 e. The fourth-order valence-corrected chi connectivity index (χ4v) is 1.65. The van der Waals surface area contributed by atoms with Crippen molar-refractivity contribution in [3.05, 3.63) is 0 Å². The molecule has 0 bridgehead atoms. The van der Waals surface area contributed by atoms with Crippen LogP contribution in [0.2, 0.25) is 0 Å². The van der Waals surface area contributed by atoms with Crippen molar-refractivity contribution in [1.82, 2.24) is 4.90 Å². The molecule has 2 nitrogen and oxygen atoms in total. The van der Waals surface area contributed by atoms with Gasteiger partial charge in [0.2, 0.25) is 5.91 Å². The summed E-state index contributed by atoms with van der Waals surface area (Å²) in [6.45, 7) is 1.78. The van der Waals surface area contributed by atoms with E-state index in [9.17, 15) is 4.79 Å². The Bertz CT molecular complexity index is 205. The predicted octanol–water partition coefficient (Wildman–Crippen LogP) is 1.80. The molecule has 0 radical (unpaired) electrons. The van der Waals surface area contributed by atoms with Gasteiger partial charge in [-0.15, -0.1) is 12.3 Å². The van der Waals surface area contributed by atoms with Gasteiger partial charge in [0.25, 0.3) is 0 Å². The predicted molar refractivity (Wildman–Crippen MR) is 53.1 cm³/mol. The second-order valence-electron chi connectivity index (χ2n) is 3.50. The average molecular weight is 179 g/mol. The molecule has 0 aliphatic carbocycles. The zero-order valence-corrected chi connectivity index (χ0v) is 8.09. The van der Waals surface area contributed by atoms with Gasteiger partial charge in [-0.1, -0.05) is 6.42 Å². The van der Waals surface area contributed by atoms with Gasteiger partial charge in [-0.2, -0.15) is 0 Å². The highest BCUT2D eigenvalue weighted by molar-refractivity contribution is 5.76. The summed E-state index contributed by atoms with van der Waals surface area (Å²) in [5.74, 6) is 2.91. The summed E-state index contributed by atoms with van der Waals surface area (Å²) in [6, 6.07) is 0. The number of nitrogens with zero attached hydrogens (tertiary/aromatic N) is 1. The van der Waals surface area contributed by atoms with E-state index in [4.69, 9.17) is 6.42 Å². The lowest BCUT2D eigenvalue weighted by atomic mass is 10.2. The second-order valence-corrected chi connectivity index (χ2v) is 3.50. The Hall–Kier alpha value is -0.970. The third kappa shape index (κ3) is 3.50. The van der Waals surface area contributed by atoms with Gasteiger partial charge in [0.05, 0.1) is 0 Å². The average Bonchev–Trinajstić information content (AvgIpc) is 2.32. The highest BCUT2D eigenvalue weighted by atomic mass is 16.2. The number of carbonyl (C=O) groups excluding carboxylic acids is 1. The van der Waals surface area contributed by atoms with Crippen molar-refractivity contribution in [3.8, 4) is 12.3 Å². The Balaban J connectivity index is 2.29. The molecule has 2 heteroatoms. The van der Waals surface area contributed by atoms with Gasteiger partial charge in [0.1, 0.15) is 0 Å². The van der Waals surface area contributed by atoms with Crippen molar-refractivity contribution >= 4 is 5.91 Å². The van der Waals surface area contributed by atoms with E-state index in [-0.39, 0.29) is 0 Å². The van der Waals surface area contributed by atoms with Crippen molar-refractivity contribution in [1.29, 1.82) is 0 Å². The highest BCUT2D eigenvalue weighted by Crippen LogP contribution is 2.11. The lowest BCUT2D eigenvalue weighted by Gasteiger charge is -2.19. The van der Waals surface area contributed by atoms with E-state index in [0.717, 1.165) is 45.2 Å². The zero-order valence-electron chi connectivity index (χ0n) is 8.09. The molecule has 0 atom stereocenters. The molecule has 72 valence electrons. The molecule has 0 aromatic rings. The lowest BCUT2D eigenvalue weighted by molar-refractivity contribution is -0.130. The molecular weight excluding hydrogens is 162 g/mol. The number of likely N-dealkylation sites (tertiary alicyclic amines) is 1. The van der Waals surface area contributed by atoms with Crippen molar-refractivity contribution < 1.29 is 4.79 Å². The van der Waals surface area contributed by atoms with Crippen LogP contribution < -0.4 is 0 Å². The Morgan fingerprint density at radius 3 is 3.00 bits per heavy atom. The molecule has 0 saturated carbocycles. The fourth-order valence-electron chi connectivity index (χ4n) is 1.65. The minimum atomic E-state index is 0.314. The number of rotatable bonds is 3. The minimum absolute atomic E-state index is 0.314. The normalized spacial score (nSPS) is 18.1. The standard InChI is InChI=1S/C11H17NO/c1-2-3-6-9-12-10-7-4-5-8-11(12)13/h1H,3-10H2. The van der Waals surface area contributed by atoms with E-state index >= 15 is 0 Å². The maximum atomic E-state index is 11.5. The van der Waals surface area contributed by atoms with Gasteiger partial charge >= 0.3 is 0 Å². The summed E-state index contributed by atoms with van der Waals surface area (Å²) in [5.41, 5.74) is 0. The molecule has 0 aromatic heterocycles. The van der Waals surface area contributed by atoms with Crippen LogP contribution in [0.15, 0.2) is 0 Å².